The summed E-state index contributed by atoms with van der Waals surface area (Å²) < 4.78 is 5.33. The summed E-state index contributed by atoms with van der Waals surface area (Å²) in [4.78, 5) is 0. The van der Waals surface area contributed by atoms with Crippen molar-refractivity contribution in [2.75, 3.05) is 0 Å². The van der Waals surface area contributed by atoms with Crippen LogP contribution in [-0.2, 0) is 4.74 Å². The van der Waals surface area contributed by atoms with Crippen molar-refractivity contribution in [2.24, 2.45) is 0 Å². The van der Waals surface area contributed by atoms with Crippen LogP contribution in [0.1, 0.15) is 20.3 Å². The molecule has 66 valence electrons. The van der Waals surface area contributed by atoms with Gasteiger partial charge in [0.15, 0.2) is 0 Å². The maximum Gasteiger partial charge on any atom is 0.0815 e. The summed E-state index contributed by atoms with van der Waals surface area (Å²) in [5, 5.41) is 17.9. The Kier molecular flexibility index (Phi) is 2.84. The number of hydrogen-bond donors (Lipinski definition) is 3. The maximum absolute atomic E-state index is 9.32. The Morgan fingerprint density at radius 1 is 1.36 bits per heavy atom. The molecule has 0 spiro atoms. The number of aliphatic hydroxyl groups excluding tert-OH is 1. The number of hydrogen-bond acceptors (Lipinski definition) is 4. The number of rotatable bonds is 1. The van der Waals surface area contributed by atoms with Gasteiger partial charge in [-0.25, -0.2) is 0 Å². The number of ether oxygens (including phenoxy) is 1. The highest BCUT2D eigenvalue weighted by atomic mass is 16.5. The van der Waals surface area contributed by atoms with Crippen molar-refractivity contribution >= 4 is 0 Å². The molecule has 1 rings (SSSR count). The first-order valence-electron chi connectivity index (χ1n) is 3.88. The van der Waals surface area contributed by atoms with E-state index in [2.05, 4.69) is 5.48 Å². The second-order valence-corrected chi connectivity index (χ2v) is 3.08. The first kappa shape index (κ1) is 8.93. The summed E-state index contributed by atoms with van der Waals surface area (Å²) in [7, 11) is 0. The number of hydroxylamine groups is 1. The van der Waals surface area contributed by atoms with E-state index in [0.29, 0.717) is 6.42 Å². The van der Waals surface area contributed by atoms with E-state index in [1.165, 1.54) is 0 Å². The molecule has 2 unspecified atom stereocenters. The van der Waals surface area contributed by atoms with Crippen molar-refractivity contribution in [1.29, 1.82) is 0 Å². The van der Waals surface area contributed by atoms with E-state index in [1.807, 2.05) is 13.8 Å². The smallest absolute Gasteiger partial charge is 0.0815 e. The third-order valence-electron chi connectivity index (χ3n) is 2.20. The fourth-order valence-corrected chi connectivity index (χ4v) is 1.33. The Bertz CT molecular complexity index is 131. The summed E-state index contributed by atoms with van der Waals surface area (Å²) in [6.07, 6.45) is -0.109. The van der Waals surface area contributed by atoms with Gasteiger partial charge in [0.05, 0.1) is 24.4 Å². The lowest BCUT2D eigenvalue weighted by molar-refractivity contribution is -0.134. The zero-order valence-electron chi connectivity index (χ0n) is 6.82. The Hall–Kier alpha value is -0.160. The van der Waals surface area contributed by atoms with E-state index in [-0.39, 0.29) is 18.2 Å². The minimum Gasteiger partial charge on any atom is -0.390 e. The van der Waals surface area contributed by atoms with Crippen LogP contribution in [0.25, 0.3) is 0 Å². The highest BCUT2D eigenvalue weighted by molar-refractivity contribution is 4.83. The van der Waals surface area contributed by atoms with Crippen LogP contribution in [0.2, 0.25) is 0 Å². The molecule has 0 aliphatic carbocycles. The molecule has 1 fully saturated rings. The molecule has 1 aliphatic rings. The lowest BCUT2D eigenvalue weighted by atomic mass is 9.98. The lowest BCUT2D eigenvalue weighted by Crippen LogP contribution is -2.50. The lowest BCUT2D eigenvalue weighted by Gasteiger charge is -2.35. The summed E-state index contributed by atoms with van der Waals surface area (Å²) in [6, 6.07) is -0.152. The van der Waals surface area contributed by atoms with Gasteiger partial charge in [-0.2, -0.15) is 5.48 Å². The van der Waals surface area contributed by atoms with Crippen molar-refractivity contribution in [3.63, 3.8) is 0 Å². The quantitative estimate of drug-likeness (QED) is 0.470. The highest BCUT2D eigenvalue weighted by Crippen LogP contribution is 2.18. The average molecular weight is 161 g/mol. The van der Waals surface area contributed by atoms with E-state index >= 15 is 0 Å². The monoisotopic (exact) mass is 161 g/mol. The van der Waals surface area contributed by atoms with Crippen molar-refractivity contribution in [1.82, 2.24) is 5.48 Å². The molecule has 4 atom stereocenters. The highest BCUT2D eigenvalue weighted by Gasteiger charge is 2.31. The molecule has 1 heterocycles. The van der Waals surface area contributed by atoms with Crippen molar-refractivity contribution in [2.45, 2.75) is 44.6 Å². The van der Waals surface area contributed by atoms with Gasteiger partial charge in [0.25, 0.3) is 0 Å². The predicted molar refractivity (Wildman–Crippen MR) is 39.3 cm³/mol. The largest absolute Gasteiger partial charge is 0.390 e. The predicted octanol–water partition coefficient (Wildman–Crippen LogP) is -0.108. The molecule has 4 heteroatoms. The van der Waals surface area contributed by atoms with Gasteiger partial charge in [0.1, 0.15) is 0 Å². The Morgan fingerprint density at radius 2 is 2.00 bits per heavy atom. The molecule has 0 bridgehead atoms. The first-order valence-corrected chi connectivity index (χ1v) is 3.88. The summed E-state index contributed by atoms with van der Waals surface area (Å²) in [6.45, 7) is 3.70. The molecule has 0 saturated carbocycles. The topological polar surface area (TPSA) is 61.7 Å². The standard InChI is InChI=1S/C7H15NO3/c1-4-6(8-10)3-7(9)5(2)11-4/h4-10H,3H2,1-2H3/t4?,5-,6+,7?/m0/s1. The maximum atomic E-state index is 9.32. The van der Waals surface area contributed by atoms with Crippen molar-refractivity contribution < 1.29 is 15.1 Å². The van der Waals surface area contributed by atoms with Gasteiger partial charge in [0.2, 0.25) is 0 Å². The molecule has 3 N–H and O–H groups in total. The van der Waals surface area contributed by atoms with Crippen LogP contribution < -0.4 is 5.48 Å². The first-order chi connectivity index (χ1) is 5.15. The molecule has 0 aromatic rings. The number of nitrogens with one attached hydrogen (secondary N) is 1. The van der Waals surface area contributed by atoms with E-state index in [0.717, 1.165) is 0 Å². The molecule has 0 amide bonds. The Balaban J connectivity index is 2.48. The zero-order chi connectivity index (χ0) is 8.43. The van der Waals surface area contributed by atoms with Crippen LogP contribution in [0.3, 0.4) is 0 Å². The Labute approximate surface area is 66.1 Å². The molecule has 1 saturated heterocycles. The van der Waals surface area contributed by atoms with E-state index in [1.54, 1.807) is 0 Å². The van der Waals surface area contributed by atoms with Gasteiger partial charge >= 0.3 is 0 Å². The molecule has 1 aliphatic heterocycles. The second-order valence-electron chi connectivity index (χ2n) is 3.08. The van der Waals surface area contributed by atoms with Crippen LogP contribution >= 0.6 is 0 Å². The van der Waals surface area contributed by atoms with Gasteiger partial charge < -0.3 is 15.1 Å². The van der Waals surface area contributed by atoms with Gasteiger partial charge in [-0.15, -0.1) is 0 Å². The molecule has 0 aromatic carbocycles. The minimum absolute atomic E-state index is 0.0431. The normalized spacial score (nSPS) is 45.8. The molecule has 0 aromatic heterocycles. The van der Waals surface area contributed by atoms with Gasteiger partial charge in [0, 0.05) is 0 Å². The van der Waals surface area contributed by atoms with E-state index in [9.17, 15) is 5.11 Å². The van der Waals surface area contributed by atoms with Gasteiger partial charge in [-0.05, 0) is 20.3 Å². The third-order valence-corrected chi connectivity index (χ3v) is 2.20. The average Bonchev–Trinajstić information content (AvgIpc) is 1.97. The van der Waals surface area contributed by atoms with Crippen molar-refractivity contribution in [3.8, 4) is 0 Å². The summed E-state index contributed by atoms with van der Waals surface area (Å²) >= 11 is 0. The Morgan fingerprint density at radius 3 is 2.55 bits per heavy atom. The molecular weight excluding hydrogens is 146 g/mol. The van der Waals surface area contributed by atoms with Crippen molar-refractivity contribution in [3.05, 3.63) is 0 Å². The summed E-state index contributed by atoms with van der Waals surface area (Å²) in [5.41, 5.74) is 2.12. The van der Waals surface area contributed by atoms with Crippen LogP contribution in [-0.4, -0.2) is 34.7 Å². The molecule has 11 heavy (non-hydrogen) atoms. The molecular formula is C7H15NO3. The van der Waals surface area contributed by atoms with E-state index in [4.69, 9.17) is 9.94 Å². The van der Waals surface area contributed by atoms with Crippen LogP contribution in [0.5, 0.6) is 0 Å². The second kappa shape index (κ2) is 3.49. The molecule has 0 radical (unpaired) electrons. The van der Waals surface area contributed by atoms with Crippen LogP contribution in [0.15, 0.2) is 0 Å². The van der Waals surface area contributed by atoms with Gasteiger partial charge in [-0.1, -0.05) is 0 Å². The van der Waals surface area contributed by atoms with E-state index < -0.39 is 6.10 Å². The zero-order valence-corrected chi connectivity index (χ0v) is 6.82. The van der Waals surface area contributed by atoms with Gasteiger partial charge in [-0.3, -0.25) is 0 Å². The fraction of sp³-hybridized carbons (Fsp3) is 1.00. The number of aliphatic hydroxyl groups is 1. The fourth-order valence-electron chi connectivity index (χ4n) is 1.33. The SMILES string of the molecule is CC1O[C@@H](C)C(O)C[C@H]1NO. The van der Waals surface area contributed by atoms with Crippen LogP contribution in [0.4, 0.5) is 0 Å². The summed E-state index contributed by atoms with van der Waals surface area (Å²) in [5.74, 6) is 0. The van der Waals surface area contributed by atoms with Crippen LogP contribution in [0, 0.1) is 0 Å². The third kappa shape index (κ3) is 1.90. The minimum atomic E-state index is -0.476. The molecule has 4 nitrogen and oxygen atoms in total.